The Hall–Kier alpha value is -1.02. The lowest BCUT2D eigenvalue weighted by Crippen LogP contribution is -2.38. The number of rotatable bonds is 2. The van der Waals surface area contributed by atoms with Gasteiger partial charge in [-0.15, -0.1) is 0 Å². The summed E-state index contributed by atoms with van der Waals surface area (Å²) in [5, 5.41) is 0.561. The first-order valence-electron chi connectivity index (χ1n) is 6.52. The highest BCUT2D eigenvalue weighted by molar-refractivity contribution is 6.34. The molecule has 1 saturated heterocycles. The number of halogens is 1. The average Bonchev–Trinajstić information content (AvgIpc) is 2.26. The second-order valence-electron chi connectivity index (χ2n) is 5.57. The Morgan fingerprint density at radius 1 is 1.28 bits per heavy atom. The Morgan fingerprint density at radius 2 is 1.89 bits per heavy atom. The normalized spacial score (nSPS) is 24.1. The quantitative estimate of drug-likeness (QED) is 0.753. The SMILES string of the molecule is CC(=O)c1ccc(N2CC(C)CC(C)C2)cc1Cl. The number of Topliss-reactive ketones (excluding diaryl/α,β-unsaturated/α-hetero) is 1. The maximum absolute atomic E-state index is 11.4. The Bertz CT molecular complexity index is 448. The maximum atomic E-state index is 11.4. The summed E-state index contributed by atoms with van der Waals surface area (Å²) in [6.07, 6.45) is 1.29. The van der Waals surface area contributed by atoms with E-state index in [4.69, 9.17) is 11.6 Å². The highest BCUT2D eigenvalue weighted by Crippen LogP contribution is 2.29. The average molecular weight is 266 g/mol. The van der Waals surface area contributed by atoms with E-state index in [0.29, 0.717) is 22.4 Å². The molecule has 2 nitrogen and oxygen atoms in total. The van der Waals surface area contributed by atoms with Crippen molar-refractivity contribution in [3.8, 4) is 0 Å². The number of carbonyl (C=O) groups is 1. The summed E-state index contributed by atoms with van der Waals surface area (Å²) < 4.78 is 0. The van der Waals surface area contributed by atoms with E-state index in [1.165, 1.54) is 6.42 Å². The van der Waals surface area contributed by atoms with Crippen LogP contribution in [0.1, 0.15) is 37.6 Å². The third kappa shape index (κ3) is 2.86. The van der Waals surface area contributed by atoms with Gasteiger partial charge in [-0.3, -0.25) is 4.79 Å². The van der Waals surface area contributed by atoms with Crippen molar-refractivity contribution in [1.82, 2.24) is 0 Å². The lowest BCUT2D eigenvalue weighted by Gasteiger charge is -2.36. The summed E-state index contributed by atoms with van der Waals surface area (Å²) in [4.78, 5) is 13.7. The molecule has 0 radical (unpaired) electrons. The smallest absolute Gasteiger partial charge is 0.161 e. The molecule has 1 fully saturated rings. The molecule has 1 aliphatic heterocycles. The number of carbonyl (C=O) groups excluding carboxylic acids is 1. The second kappa shape index (κ2) is 5.31. The predicted octanol–water partition coefficient (Wildman–Crippen LogP) is 4.02. The van der Waals surface area contributed by atoms with Crippen molar-refractivity contribution in [2.45, 2.75) is 27.2 Å². The van der Waals surface area contributed by atoms with E-state index < -0.39 is 0 Å². The molecule has 1 aromatic carbocycles. The molecular weight excluding hydrogens is 246 g/mol. The predicted molar refractivity (Wildman–Crippen MR) is 76.6 cm³/mol. The van der Waals surface area contributed by atoms with Gasteiger partial charge in [-0.1, -0.05) is 25.4 Å². The first kappa shape index (κ1) is 13.4. The highest BCUT2D eigenvalue weighted by atomic mass is 35.5. The van der Waals surface area contributed by atoms with Crippen LogP contribution in [0.15, 0.2) is 18.2 Å². The van der Waals surface area contributed by atoms with Crippen LogP contribution in [-0.4, -0.2) is 18.9 Å². The largest absolute Gasteiger partial charge is 0.371 e. The number of piperidine rings is 1. The molecule has 3 heteroatoms. The molecule has 0 saturated carbocycles. The van der Waals surface area contributed by atoms with E-state index in [9.17, 15) is 4.79 Å². The molecule has 0 amide bonds. The molecule has 2 unspecified atom stereocenters. The zero-order valence-electron chi connectivity index (χ0n) is 11.2. The molecule has 2 atom stereocenters. The van der Waals surface area contributed by atoms with Gasteiger partial charge in [-0.05, 0) is 43.4 Å². The van der Waals surface area contributed by atoms with Crippen LogP contribution in [0.2, 0.25) is 5.02 Å². The topological polar surface area (TPSA) is 20.3 Å². The standard InChI is InChI=1S/C15H20ClNO/c1-10-6-11(2)9-17(8-10)13-4-5-14(12(3)18)15(16)7-13/h4-5,7,10-11H,6,8-9H2,1-3H3. The van der Waals surface area contributed by atoms with Gasteiger partial charge in [-0.25, -0.2) is 0 Å². The molecule has 0 bridgehead atoms. The molecule has 0 aromatic heterocycles. The summed E-state index contributed by atoms with van der Waals surface area (Å²) in [6, 6.07) is 5.76. The first-order chi connectivity index (χ1) is 8.47. The number of hydrogen-bond acceptors (Lipinski definition) is 2. The van der Waals surface area contributed by atoms with Crippen molar-refractivity contribution in [1.29, 1.82) is 0 Å². The van der Waals surface area contributed by atoms with Crippen molar-refractivity contribution in [2.75, 3.05) is 18.0 Å². The number of hydrogen-bond donors (Lipinski definition) is 0. The van der Waals surface area contributed by atoms with Gasteiger partial charge in [0, 0.05) is 24.3 Å². The summed E-state index contributed by atoms with van der Waals surface area (Å²) in [6.45, 7) is 8.26. The van der Waals surface area contributed by atoms with Gasteiger partial charge in [0.1, 0.15) is 0 Å². The molecule has 0 spiro atoms. The van der Waals surface area contributed by atoms with Gasteiger partial charge < -0.3 is 4.90 Å². The molecule has 98 valence electrons. The van der Waals surface area contributed by atoms with Crippen LogP contribution in [0.5, 0.6) is 0 Å². The minimum absolute atomic E-state index is 0.0203. The van der Waals surface area contributed by atoms with Crippen molar-refractivity contribution in [2.24, 2.45) is 11.8 Å². The van der Waals surface area contributed by atoms with Gasteiger partial charge in [0.25, 0.3) is 0 Å². The fourth-order valence-corrected chi connectivity index (χ4v) is 3.17. The summed E-state index contributed by atoms with van der Waals surface area (Å²) >= 11 is 6.17. The highest BCUT2D eigenvalue weighted by Gasteiger charge is 2.22. The van der Waals surface area contributed by atoms with Crippen LogP contribution in [-0.2, 0) is 0 Å². The van der Waals surface area contributed by atoms with Crippen LogP contribution < -0.4 is 4.90 Å². The molecule has 1 heterocycles. The van der Waals surface area contributed by atoms with Gasteiger partial charge in [0.2, 0.25) is 0 Å². The van der Waals surface area contributed by atoms with E-state index in [2.05, 4.69) is 18.7 Å². The van der Waals surface area contributed by atoms with E-state index in [1.54, 1.807) is 6.92 Å². The summed E-state index contributed by atoms with van der Waals surface area (Å²) in [5.41, 5.74) is 1.74. The van der Waals surface area contributed by atoms with Gasteiger partial charge in [0.15, 0.2) is 5.78 Å². The third-order valence-electron chi connectivity index (χ3n) is 3.57. The molecule has 1 aromatic rings. The van der Waals surface area contributed by atoms with Crippen LogP contribution in [0.3, 0.4) is 0 Å². The molecule has 18 heavy (non-hydrogen) atoms. The zero-order valence-corrected chi connectivity index (χ0v) is 12.0. The molecule has 1 aliphatic rings. The second-order valence-corrected chi connectivity index (χ2v) is 5.98. The van der Waals surface area contributed by atoms with Crippen molar-refractivity contribution in [3.63, 3.8) is 0 Å². The first-order valence-corrected chi connectivity index (χ1v) is 6.90. The maximum Gasteiger partial charge on any atom is 0.161 e. The Morgan fingerprint density at radius 3 is 2.39 bits per heavy atom. The number of benzene rings is 1. The third-order valence-corrected chi connectivity index (χ3v) is 3.88. The minimum atomic E-state index is 0.0203. The number of anilines is 1. The monoisotopic (exact) mass is 265 g/mol. The van der Waals surface area contributed by atoms with Gasteiger partial charge >= 0.3 is 0 Å². The van der Waals surface area contributed by atoms with E-state index in [1.807, 2.05) is 18.2 Å². The summed E-state index contributed by atoms with van der Waals surface area (Å²) in [5.74, 6) is 1.44. The van der Waals surface area contributed by atoms with Gasteiger partial charge in [0.05, 0.1) is 5.02 Å². The summed E-state index contributed by atoms with van der Waals surface area (Å²) in [7, 11) is 0. The molecular formula is C15H20ClNO. The van der Waals surface area contributed by atoms with Crippen LogP contribution in [0.4, 0.5) is 5.69 Å². The zero-order chi connectivity index (χ0) is 13.3. The minimum Gasteiger partial charge on any atom is -0.371 e. The van der Waals surface area contributed by atoms with Crippen LogP contribution in [0.25, 0.3) is 0 Å². The van der Waals surface area contributed by atoms with Crippen molar-refractivity contribution in [3.05, 3.63) is 28.8 Å². The lowest BCUT2D eigenvalue weighted by molar-refractivity contribution is 0.101. The van der Waals surface area contributed by atoms with E-state index in [0.717, 1.165) is 18.8 Å². The van der Waals surface area contributed by atoms with Crippen LogP contribution in [0, 0.1) is 11.8 Å². The van der Waals surface area contributed by atoms with Crippen molar-refractivity contribution >= 4 is 23.1 Å². The molecule has 0 aliphatic carbocycles. The Labute approximate surface area is 114 Å². The van der Waals surface area contributed by atoms with E-state index in [-0.39, 0.29) is 5.78 Å². The Kier molecular flexibility index (Phi) is 3.96. The fraction of sp³-hybridized carbons (Fsp3) is 0.533. The van der Waals surface area contributed by atoms with Gasteiger partial charge in [-0.2, -0.15) is 0 Å². The number of ketones is 1. The Balaban J connectivity index is 2.23. The lowest BCUT2D eigenvalue weighted by atomic mass is 9.91. The fourth-order valence-electron chi connectivity index (χ4n) is 2.86. The number of nitrogens with zero attached hydrogens (tertiary/aromatic N) is 1. The van der Waals surface area contributed by atoms with Crippen LogP contribution >= 0.6 is 11.6 Å². The molecule has 2 rings (SSSR count). The molecule has 0 N–H and O–H groups in total. The van der Waals surface area contributed by atoms with Crippen molar-refractivity contribution < 1.29 is 4.79 Å². The van der Waals surface area contributed by atoms with E-state index >= 15 is 0 Å².